The third-order valence-corrected chi connectivity index (χ3v) is 9.94. The number of aryl methyl sites for hydroxylation is 1. The molecule has 0 radical (unpaired) electrons. The number of piperidine rings is 1. The average Bonchev–Trinajstić information content (AvgIpc) is 3.12. The number of carboxylic acids is 1. The molecule has 3 aromatic carbocycles. The lowest BCUT2D eigenvalue weighted by Gasteiger charge is -2.34. The Bertz CT molecular complexity index is 1840. The molecule has 0 unspecified atom stereocenters. The lowest BCUT2D eigenvalue weighted by molar-refractivity contribution is -0.155. The summed E-state index contributed by atoms with van der Waals surface area (Å²) < 4.78 is 51.6. The number of ether oxygens (including phenoxy) is 4. The molecule has 0 bridgehead atoms. The van der Waals surface area contributed by atoms with E-state index in [0.717, 1.165) is 5.56 Å². The van der Waals surface area contributed by atoms with Crippen molar-refractivity contribution in [2.45, 2.75) is 49.1 Å². The molecule has 1 fully saturated rings. The minimum absolute atomic E-state index is 0.0478. The molecule has 12 nitrogen and oxygen atoms in total. The van der Waals surface area contributed by atoms with Crippen LogP contribution in [0.3, 0.4) is 0 Å². The summed E-state index contributed by atoms with van der Waals surface area (Å²) >= 11 is 0. The zero-order valence-corrected chi connectivity index (χ0v) is 27.5. The molecule has 0 spiro atoms. The number of rotatable bonds is 14. The number of carbonyl (C=O) groups excluding carboxylic acids is 1. The lowest BCUT2D eigenvalue weighted by atomic mass is 10.00. The second-order valence-corrected chi connectivity index (χ2v) is 13.0. The van der Waals surface area contributed by atoms with Gasteiger partial charge in [-0.1, -0.05) is 30.3 Å². The van der Waals surface area contributed by atoms with Crippen LogP contribution in [-0.4, -0.2) is 73.1 Å². The van der Waals surface area contributed by atoms with Gasteiger partial charge in [0, 0.05) is 18.3 Å². The maximum Gasteiger partial charge on any atom is 0.341 e. The van der Waals surface area contributed by atoms with Gasteiger partial charge in [-0.25, -0.2) is 23.2 Å². The van der Waals surface area contributed by atoms with E-state index in [0.29, 0.717) is 66.2 Å². The number of carbonyl (C=O) groups is 2. The Balaban J connectivity index is 1.41. The molecular formula is C35H37N3O9S. The van der Waals surface area contributed by atoms with Crippen molar-refractivity contribution in [2.75, 3.05) is 27.4 Å². The van der Waals surface area contributed by atoms with Gasteiger partial charge in [0.2, 0.25) is 10.0 Å². The topological polar surface area (TPSA) is 154 Å². The summed E-state index contributed by atoms with van der Waals surface area (Å²) in [6, 6.07) is 19.3. The van der Waals surface area contributed by atoms with E-state index >= 15 is 0 Å². The maximum absolute atomic E-state index is 14.0. The van der Waals surface area contributed by atoms with Crippen LogP contribution in [0.4, 0.5) is 0 Å². The van der Waals surface area contributed by atoms with Gasteiger partial charge < -0.3 is 24.1 Å². The second kappa shape index (κ2) is 15.7. The molecule has 5 rings (SSSR count). The molecule has 1 N–H and O–H groups in total. The van der Waals surface area contributed by atoms with Crippen molar-refractivity contribution >= 4 is 22.0 Å². The normalized spacial score (nSPS) is 15.7. The number of benzene rings is 3. The third kappa shape index (κ3) is 8.28. The quantitative estimate of drug-likeness (QED) is 0.178. The van der Waals surface area contributed by atoms with E-state index in [1.54, 1.807) is 75.0 Å². The number of esters is 1. The number of nitrogens with zero attached hydrogens (tertiary/aromatic N) is 3. The largest absolute Gasteiger partial charge is 0.493 e. The monoisotopic (exact) mass is 675 g/mol. The van der Waals surface area contributed by atoms with E-state index in [9.17, 15) is 18.0 Å². The number of sulfonamides is 1. The lowest BCUT2D eigenvalue weighted by Crippen LogP contribution is -2.48. The summed E-state index contributed by atoms with van der Waals surface area (Å²) in [5, 5.41) is 9.08. The van der Waals surface area contributed by atoms with Crippen LogP contribution in [0.2, 0.25) is 0 Å². The van der Waals surface area contributed by atoms with E-state index in [-0.39, 0.29) is 11.4 Å². The van der Waals surface area contributed by atoms with Crippen molar-refractivity contribution in [3.63, 3.8) is 0 Å². The van der Waals surface area contributed by atoms with Gasteiger partial charge in [0.1, 0.15) is 24.2 Å². The minimum atomic E-state index is -4.09. The maximum atomic E-state index is 14.0. The SMILES string of the molecule is COc1ccc(CC[C@@H](OC(=O)[C@@H]2CCCCN2S(=O)(=O)c2cccc(-c3ccncn3)c2)c2cccc(OCC(=O)O)c2)cc1OC. The van der Waals surface area contributed by atoms with Crippen LogP contribution in [0.15, 0.2) is 90.2 Å². The van der Waals surface area contributed by atoms with Crippen LogP contribution < -0.4 is 14.2 Å². The molecule has 1 saturated heterocycles. The number of aliphatic carboxylic acids is 1. The molecule has 0 aliphatic carbocycles. The van der Waals surface area contributed by atoms with Crippen LogP contribution in [0, 0.1) is 0 Å². The van der Waals surface area contributed by atoms with Crippen molar-refractivity contribution in [3.8, 4) is 28.5 Å². The predicted molar refractivity (Wildman–Crippen MR) is 175 cm³/mol. The molecule has 0 amide bonds. The molecular weight excluding hydrogens is 638 g/mol. The van der Waals surface area contributed by atoms with E-state index in [1.165, 1.54) is 16.7 Å². The zero-order chi connectivity index (χ0) is 34.1. The fraction of sp³-hybridized carbons (Fsp3) is 0.314. The first-order valence-electron chi connectivity index (χ1n) is 15.4. The first-order valence-corrected chi connectivity index (χ1v) is 16.9. The highest BCUT2D eigenvalue weighted by Gasteiger charge is 2.39. The zero-order valence-electron chi connectivity index (χ0n) is 26.7. The van der Waals surface area contributed by atoms with Crippen LogP contribution in [0.1, 0.15) is 42.9 Å². The van der Waals surface area contributed by atoms with Crippen LogP contribution in [0.5, 0.6) is 17.2 Å². The van der Waals surface area contributed by atoms with Gasteiger partial charge in [0.25, 0.3) is 0 Å². The van der Waals surface area contributed by atoms with E-state index in [1.807, 2.05) is 12.1 Å². The van der Waals surface area contributed by atoms with Gasteiger partial charge in [-0.15, -0.1) is 0 Å². The van der Waals surface area contributed by atoms with Gasteiger partial charge in [0.05, 0.1) is 24.8 Å². The van der Waals surface area contributed by atoms with Gasteiger partial charge in [-0.2, -0.15) is 4.31 Å². The summed E-state index contributed by atoms with van der Waals surface area (Å²) in [6.45, 7) is -0.373. The number of hydrogen-bond donors (Lipinski definition) is 1. The van der Waals surface area contributed by atoms with E-state index in [4.69, 9.17) is 24.1 Å². The van der Waals surface area contributed by atoms with E-state index in [2.05, 4.69) is 9.97 Å². The Labute approximate surface area is 279 Å². The number of aromatic nitrogens is 2. The second-order valence-electron chi connectivity index (χ2n) is 11.2. The smallest absolute Gasteiger partial charge is 0.341 e. The molecule has 2 atom stereocenters. The summed E-state index contributed by atoms with van der Waals surface area (Å²) in [4.78, 5) is 33.3. The first kappa shape index (κ1) is 34.3. The van der Waals surface area contributed by atoms with Gasteiger partial charge in [0.15, 0.2) is 18.1 Å². The molecule has 1 aromatic heterocycles. The number of hydrogen-bond acceptors (Lipinski definition) is 10. The fourth-order valence-corrected chi connectivity index (χ4v) is 7.33. The predicted octanol–water partition coefficient (Wildman–Crippen LogP) is 5.08. The molecule has 4 aromatic rings. The highest BCUT2D eigenvalue weighted by molar-refractivity contribution is 7.89. The molecule has 13 heteroatoms. The Kier molecular flexibility index (Phi) is 11.2. The third-order valence-electron chi connectivity index (χ3n) is 8.04. The van der Waals surface area contributed by atoms with E-state index < -0.39 is 40.7 Å². The molecule has 1 aliphatic rings. The summed E-state index contributed by atoms with van der Waals surface area (Å²) in [6.07, 6.45) is 4.53. The van der Waals surface area contributed by atoms with Gasteiger partial charge in [-0.3, -0.25) is 4.79 Å². The van der Waals surface area contributed by atoms with Crippen molar-refractivity contribution in [1.82, 2.24) is 14.3 Å². The average molecular weight is 676 g/mol. The Morgan fingerprint density at radius 3 is 2.54 bits per heavy atom. The molecule has 252 valence electrons. The standard InChI is InChI=1S/C35H37N3O9S/c1-44-32-15-13-24(19-33(32)45-2)12-14-31(26-8-5-9-27(20-26)46-22-34(39)40)47-35(41)30-11-3-4-18-38(30)48(42,43)28-10-6-7-25(21-28)29-16-17-36-23-37-29/h5-10,13,15-17,19-21,23,30-31H,3-4,11-12,14,18,22H2,1-2H3,(H,39,40)/t30-,31+/m0/s1. The Hall–Kier alpha value is -5.01. The highest BCUT2D eigenvalue weighted by atomic mass is 32.2. The summed E-state index contributed by atoms with van der Waals surface area (Å²) in [5.74, 6) is -0.363. The minimum Gasteiger partial charge on any atom is -0.493 e. The Morgan fingerprint density at radius 2 is 1.79 bits per heavy atom. The number of methoxy groups -OCH3 is 2. The van der Waals surface area contributed by atoms with Gasteiger partial charge in [-0.05, 0) is 85.7 Å². The van der Waals surface area contributed by atoms with Crippen molar-refractivity contribution in [1.29, 1.82) is 0 Å². The molecule has 2 heterocycles. The first-order chi connectivity index (χ1) is 23.2. The Morgan fingerprint density at radius 1 is 0.979 bits per heavy atom. The van der Waals surface area contributed by atoms with Crippen molar-refractivity contribution in [2.24, 2.45) is 0 Å². The fourth-order valence-electron chi connectivity index (χ4n) is 5.64. The summed E-state index contributed by atoms with van der Waals surface area (Å²) in [5.41, 5.74) is 2.66. The molecule has 48 heavy (non-hydrogen) atoms. The van der Waals surface area contributed by atoms with Crippen LogP contribution >= 0.6 is 0 Å². The van der Waals surface area contributed by atoms with Crippen molar-refractivity contribution < 1.29 is 42.1 Å². The van der Waals surface area contributed by atoms with Crippen LogP contribution in [-0.2, 0) is 30.8 Å². The number of carboxylic acid groups (broad SMARTS) is 1. The molecule has 0 saturated carbocycles. The molecule has 1 aliphatic heterocycles. The van der Waals surface area contributed by atoms with Gasteiger partial charge >= 0.3 is 11.9 Å². The van der Waals surface area contributed by atoms with Crippen LogP contribution in [0.25, 0.3) is 11.3 Å². The summed E-state index contributed by atoms with van der Waals surface area (Å²) in [7, 11) is -0.993. The van der Waals surface area contributed by atoms with Crippen molar-refractivity contribution in [3.05, 3.63) is 96.4 Å². The highest BCUT2D eigenvalue weighted by Crippen LogP contribution is 2.33.